The molecule has 0 amide bonds. The fourth-order valence-electron chi connectivity index (χ4n) is 3.66. The molecule has 1 aromatic rings. The molecule has 2 bridgehead atoms. The van der Waals surface area contributed by atoms with E-state index in [1.807, 2.05) is 0 Å². The van der Waals surface area contributed by atoms with Gasteiger partial charge in [0.15, 0.2) is 0 Å². The molecule has 2 aliphatic heterocycles. The van der Waals surface area contributed by atoms with Gasteiger partial charge in [-0.1, -0.05) is 33.6 Å². The van der Waals surface area contributed by atoms with E-state index in [0.29, 0.717) is 0 Å². The van der Waals surface area contributed by atoms with E-state index < -0.39 is 0 Å². The van der Waals surface area contributed by atoms with Crippen molar-refractivity contribution in [2.24, 2.45) is 0 Å². The molecule has 0 saturated carbocycles. The van der Waals surface area contributed by atoms with Gasteiger partial charge in [-0.05, 0) is 44.9 Å². The summed E-state index contributed by atoms with van der Waals surface area (Å²) >= 11 is 3.64. The lowest BCUT2D eigenvalue weighted by molar-refractivity contribution is 0.254. The molecule has 2 atom stereocenters. The van der Waals surface area contributed by atoms with Crippen LogP contribution in [0.4, 0.5) is 5.69 Å². The van der Waals surface area contributed by atoms with E-state index in [1.165, 1.54) is 49.2 Å². The minimum absolute atomic E-state index is 0.747. The zero-order valence-corrected chi connectivity index (χ0v) is 13.5. The number of rotatable bonds is 2. The van der Waals surface area contributed by atoms with Crippen LogP contribution in [0.5, 0.6) is 0 Å². The molecule has 19 heavy (non-hydrogen) atoms. The molecule has 2 unspecified atom stereocenters. The Balaban J connectivity index is 1.86. The van der Waals surface area contributed by atoms with Crippen molar-refractivity contribution in [3.05, 3.63) is 29.3 Å². The Morgan fingerprint density at radius 2 is 2.00 bits per heavy atom. The minimum atomic E-state index is 0.747. The molecule has 2 aliphatic rings. The van der Waals surface area contributed by atoms with Crippen LogP contribution < -0.4 is 4.90 Å². The first-order chi connectivity index (χ1) is 9.19. The Labute approximate surface area is 124 Å². The Bertz CT molecular complexity index is 460. The topological polar surface area (TPSA) is 6.48 Å². The highest BCUT2D eigenvalue weighted by molar-refractivity contribution is 9.08. The summed E-state index contributed by atoms with van der Waals surface area (Å²) in [7, 11) is 2.31. The molecule has 104 valence electrons. The summed E-state index contributed by atoms with van der Waals surface area (Å²) in [5.41, 5.74) is 4.22. The molecule has 0 radical (unpaired) electrons. The Hall–Kier alpha value is -0.540. The van der Waals surface area contributed by atoms with Gasteiger partial charge < -0.3 is 4.90 Å². The van der Waals surface area contributed by atoms with Gasteiger partial charge in [0.1, 0.15) is 0 Å². The summed E-state index contributed by atoms with van der Waals surface area (Å²) in [6.45, 7) is 4.57. The number of aryl methyl sites for hydroxylation is 1. The Morgan fingerprint density at radius 1 is 1.21 bits per heavy atom. The molecular formula is C16H23BrN2. The lowest BCUT2D eigenvalue weighted by atomic mass is 10.1. The highest BCUT2D eigenvalue weighted by Crippen LogP contribution is 2.32. The van der Waals surface area contributed by atoms with Crippen molar-refractivity contribution in [2.75, 3.05) is 25.0 Å². The van der Waals surface area contributed by atoms with Crippen LogP contribution >= 0.6 is 15.9 Å². The van der Waals surface area contributed by atoms with Crippen LogP contribution in [0.15, 0.2) is 18.2 Å². The number of hydrogen-bond donors (Lipinski definition) is 0. The van der Waals surface area contributed by atoms with Crippen LogP contribution in [-0.4, -0.2) is 37.1 Å². The van der Waals surface area contributed by atoms with Gasteiger partial charge in [0.05, 0.1) is 0 Å². The monoisotopic (exact) mass is 322 g/mol. The van der Waals surface area contributed by atoms with Crippen molar-refractivity contribution in [1.82, 2.24) is 4.90 Å². The number of anilines is 1. The molecule has 2 saturated heterocycles. The number of halogens is 1. The summed E-state index contributed by atoms with van der Waals surface area (Å²) in [4.78, 5) is 5.22. The zero-order valence-electron chi connectivity index (χ0n) is 11.9. The van der Waals surface area contributed by atoms with E-state index in [9.17, 15) is 0 Å². The number of benzene rings is 1. The fraction of sp³-hybridized carbons (Fsp3) is 0.625. The van der Waals surface area contributed by atoms with E-state index >= 15 is 0 Å². The normalized spacial score (nSPS) is 27.6. The van der Waals surface area contributed by atoms with Crippen molar-refractivity contribution in [3.63, 3.8) is 0 Å². The van der Waals surface area contributed by atoms with Crippen molar-refractivity contribution >= 4 is 21.6 Å². The predicted molar refractivity (Wildman–Crippen MR) is 85.2 cm³/mol. The highest BCUT2D eigenvalue weighted by atomic mass is 79.9. The molecule has 2 fully saturated rings. The first-order valence-corrected chi connectivity index (χ1v) is 8.43. The summed E-state index contributed by atoms with van der Waals surface area (Å²) in [5, 5.41) is 0.949. The SMILES string of the molecule is Cc1ccc(N2CCC3CCC(C2)N3C)c(CBr)c1. The second-order valence-corrected chi connectivity index (χ2v) is 6.61. The second-order valence-electron chi connectivity index (χ2n) is 6.05. The van der Waals surface area contributed by atoms with Crippen molar-refractivity contribution in [2.45, 2.75) is 43.6 Å². The van der Waals surface area contributed by atoms with Crippen molar-refractivity contribution in [3.8, 4) is 0 Å². The van der Waals surface area contributed by atoms with Crippen molar-refractivity contribution < 1.29 is 0 Å². The lowest BCUT2D eigenvalue weighted by Gasteiger charge is -2.29. The number of fused-ring (bicyclic) bond motifs is 2. The average Bonchev–Trinajstić information content (AvgIpc) is 2.64. The number of alkyl halides is 1. The largest absolute Gasteiger partial charge is 0.370 e. The minimum Gasteiger partial charge on any atom is -0.370 e. The smallest absolute Gasteiger partial charge is 0.0408 e. The first kappa shape index (κ1) is 13.4. The van der Waals surface area contributed by atoms with Gasteiger partial charge >= 0.3 is 0 Å². The van der Waals surface area contributed by atoms with E-state index in [1.54, 1.807) is 0 Å². The standard InChI is InChI=1S/C16H23BrN2/c1-12-3-6-16(13(9-12)10-17)19-8-7-14-4-5-15(11-19)18(14)2/h3,6,9,14-15H,4-5,7-8,10-11H2,1-2H3. The third kappa shape index (κ3) is 2.55. The van der Waals surface area contributed by atoms with Gasteiger partial charge in [-0.15, -0.1) is 0 Å². The molecule has 3 heteroatoms. The van der Waals surface area contributed by atoms with Crippen LogP contribution in [0.3, 0.4) is 0 Å². The highest BCUT2D eigenvalue weighted by Gasteiger charge is 2.34. The van der Waals surface area contributed by atoms with Gasteiger partial charge in [0.2, 0.25) is 0 Å². The maximum atomic E-state index is 3.64. The van der Waals surface area contributed by atoms with Gasteiger partial charge in [-0.25, -0.2) is 0 Å². The van der Waals surface area contributed by atoms with Crippen LogP contribution in [0.25, 0.3) is 0 Å². The summed E-state index contributed by atoms with van der Waals surface area (Å²) in [6.07, 6.45) is 4.07. The van der Waals surface area contributed by atoms with Crippen LogP contribution in [0.2, 0.25) is 0 Å². The third-order valence-electron chi connectivity index (χ3n) is 4.87. The maximum absolute atomic E-state index is 3.64. The third-order valence-corrected chi connectivity index (χ3v) is 5.47. The van der Waals surface area contributed by atoms with Crippen molar-refractivity contribution in [1.29, 1.82) is 0 Å². The molecule has 2 heterocycles. The number of likely N-dealkylation sites (N-methyl/N-ethyl adjacent to an activating group) is 1. The van der Waals surface area contributed by atoms with Crippen LogP contribution in [-0.2, 0) is 5.33 Å². The molecule has 3 rings (SSSR count). The van der Waals surface area contributed by atoms with Crippen LogP contribution in [0.1, 0.15) is 30.4 Å². The molecule has 0 N–H and O–H groups in total. The van der Waals surface area contributed by atoms with E-state index in [4.69, 9.17) is 0 Å². The van der Waals surface area contributed by atoms with Gasteiger partial charge in [-0.3, -0.25) is 4.90 Å². The number of hydrogen-bond acceptors (Lipinski definition) is 2. The van der Waals surface area contributed by atoms with E-state index in [-0.39, 0.29) is 0 Å². The lowest BCUT2D eigenvalue weighted by Crippen LogP contribution is -2.36. The molecule has 0 aliphatic carbocycles. The molecule has 2 nitrogen and oxygen atoms in total. The first-order valence-electron chi connectivity index (χ1n) is 7.31. The van der Waals surface area contributed by atoms with Gasteiger partial charge in [0, 0.05) is 36.2 Å². The molecule has 0 spiro atoms. The second kappa shape index (κ2) is 5.45. The quantitative estimate of drug-likeness (QED) is 0.768. The van der Waals surface area contributed by atoms with Gasteiger partial charge in [-0.2, -0.15) is 0 Å². The average molecular weight is 323 g/mol. The summed E-state index contributed by atoms with van der Waals surface area (Å²) < 4.78 is 0. The van der Waals surface area contributed by atoms with Crippen LogP contribution in [0, 0.1) is 6.92 Å². The maximum Gasteiger partial charge on any atom is 0.0408 e. The molecule has 0 aromatic heterocycles. The fourth-order valence-corrected chi connectivity index (χ4v) is 4.11. The Morgan fingerprint density at radius 3 is 2.79 bits per heavy atom. The van der Waals surface area contributed by atoms with E-state index in [2.05, 4.69) is 57.9 Å². The predicted octanol–water partition coefficient (Wildman–Crippen LogP) is 3.56. The van der Waals surface area contributed by atoms with Gasteiger partial charge in [0.25, 0.3) is 0 Å². The summed E-state index contributed by atoms with van der Waals surface area (Å²) in [6, 6.07) is 8.43. The molecular weight excluding hydrogens is 300 g/mol. The summed E-state index contributed by atoms with van der Waals surface area (Å²) in [5.74, 6) is 0. The molecule has 1 aromatic carbocycles. The Kier molecular flexibility index (Phi) is 3.86. The van der Waals surface area contributed by atoms with E-state index in [0.717, 1.165) is 17.4 Å². The zero-order chi connectivity index (χ0) is 13.4. The number of nitrogens with zero attached hydrogens (tertiary/aromatic N) is 2.